The lowest BCUT2D eigenvalue weighted by Gasteiger charge is -2.10. The first-order chi connectivity index (χ1) is 28.2. The number of rotatable bonds is 5. The van der Waals surface area contributed by atoms with Crippen molar-refractivity contribution in [3.05, 3.63) is 182 Å². The number of nitrogens with zero attached hydrogens (tertiary/aromatic N) is 4. The Morgan fingerprint density at radius 3 is 1.72 bits per heavy atom. The molecule has 4 heterocycles. The third kappa shape index (κ3) is 5.04. The topological polar surface area (TPSA) is 56.7 Å². The minimum absolute atomic E-state index is 0.605. The summed E-state index contributed by atoms with van der Waals surface area (Å²) in [6.07, 6.45) is 0. The summed E-state index contributed by atoms with van der Waals surface area (Å²) in [6, 6.07) is 63.8. The van der Waals surface area contributed by atoms with E-state index in [1.165, 1.54) is 47.7 Å². The second-order valence-corrected chi connectivity index (χ2v) is 15.4. The smallest absolute Gasteiger partial charge is 0.164 e. The highest BCUT2D eigenvalue weighted by Gasteiger charge is 2.20. The number of hydrogen-bond donors (Lipinski definition) is 0. The second kappa shape index (κ2) is 12.6. The molecule has 0 radical (unpaired) electrons. The van der Waals surface area contributed by atoms with Gasteiger partial charge in [0.1, 0.15) is 11.2 Å². The Balaban J connectivity index is 1.01. The van der Waals surface area contributed by atoms with Gasteiger partial charge in [0.05, 0.1) is 16.7 Å². The summed E-state index contributed by atoms with van der Waals surface area (Å²) < 4.78 is 11.6. The maximum atomic E-state index is 6.63. The van der Waals surface area contributed by atoms with Crippen LogP contribution in [0.4, 0.5) is 0 Å². The molecule has 0 spiro atoms. The van der Waals surface area contributed by atoms with Gasteiger partial charge in [-0.2, -0.15) is 0 Å². The third-order valence-electron chi connectivity index (χ3n) is 11.1. The fourth-order valence-corrected chi connectivity index (χ4v) is 9.58. The van der Waals surface area contributed by atoms with Crippen molar-refractivity contribution in [3.8, 4) is 51.0 Å². The van der Waals surface area contributed by atoms with Crippen LogP contribution in [0.15, 0.2) is 186 Å². The number of furan rings is 1. The predicted molar refractivity (Wildman–Crippen MR) is 236 cm³/mol. The quantitative estimate of drug-likeness (QED) is 0.176. The molecule has 0 aliphatic rings. The molecular weight excluding hydrogens is 717 g/mol. The first-order valence-electron chi connectivity index (χ1n) is 19.0. The Labute approximate surface area is 330 Å². The van der Waals surface area contributed by atoms with Crippen LogP contribution < -0.4 is 0 Å². The molecule has 0 saturated heterocycles. The number of thiophene rings is 1. The maximum Gasteiger partial charge on any atom is 0.164 e. The van der Waals surface area contributed by atoms with Crippen molar-refractivity contribution in [2.24, 2.45) is 0 Å². The van der Waals surface area contributed by atoms with Gasteiger partial charge in [0.25, 0.3) is 0 Å². The molecule has 0 N–H and O–H groups in total. The van der Waals surface area contributed by atoms with Crippen LogP contribution in [0, 0.1) is 0 Å². The molecule has 0 aliphatic heterocycles. The maximum absolute atomic E-state index is 6.63. The summed E-state index contributed by atoms with van der Waals surface area (Å²) in [7, 11) is 0. The summed E-state index contributed by atoms with van der Waals surface area (Å²) >= 11 is 1.84. The third-order valence-corrected chi connectivity index (χ3v) is 12.2. The highest BCUT2D eigenvalue weighted by Crippen LogP contribution is 2.43. The van der Waals surface area contributed by atoms with Gasteiger partial charge in [0, 0.05) is 58.4 Å². The van der Waals surface area contributed by atoms with Crippen molar-refractivity contribution in [2.45, 2.75) is 0 Å². The van der Waals surface area contributed by atoms with Gasteiger partial charge >= 0.3 is 0 Å². The molecule has 0 aliphatic carbocycles. The molecule has 8 aromatic carbocycles. The molecule has 6 heteroatoms. The van der Waals surface area contributed by atoms with E-state index < -0.39 is 0 Å². The zero-order chi connectivity index (χ0) is 37.5. The number of para-hydroxylation sites is 2. The van der Waals surface area contributed by atoms with E-state index in [4.69, 9.17) is 19.4 Å². The van der Waals surface area contributed by atoms with E-state index in [-0.39, 0.29) is 0 Å². The predicted octanol–water partition coefficient (Wildman–Crippen LogP) is 13.9. The normalized spacial score (nSPS) is 11.9. The van der Waals surface area contributed by atoms with Crippen molar-refractivity contribution in [2.75, 3.05) is 0 Å². The summed E-state index contributed by atoms with van der Waals surface area (Å²) in [5.41, 5.74) is 10.2. The van der Waals surface area contributed by atoms with Crippen molar-refractivity contribution >= 4 is 75.3 Å². The minimum atomic E-state index is 0.605. The molecule has 12 aromatic rings. The van der Waals surface area contributed by atoms with E-state index in [0.717, 1.165) is 49.8 Å². The molecule has 266 valence electrons. The molecule has 0 bridgehead atoms. The van der Waals surface area contributed by atoms with Crippen molar-refractivity contribution in [1.82, 2.24) is 19.5 Å². The molecule has 57 heavy (non-hydrogen) atoms. The lowest BCUT2D eigenvalue weighted by atomic mass is 9.99. The Kier molecular flexibility index (Phi) is 7.03. The van der Waals surface area contributed by atoms with E-state index in [0.29, 0.717) is 17.5 Å². The van der Waals surface area contributed by atoms with E-state index in [9.17, 15) is 0 Å². The fraction of sp³-hybridized carbons (Fsp3) is 0. The van der Waals surface area contributed by atoms with Gasteiger partial charge in [-0.1, -0.05) is 127 Å². The first kappa shape index (κ1) is 31.9. The zero-order valence-electron chi connectivity index (χ0n) is 30.4. The van der Waals surface area contributed by atoms with Gasteiger partial charge in [0.2, 0.25) is 0 Å². The number of fused-ring (bicyclic) bond motifs is 9. The average Bonchev–Trinajstić information content (AvgIpc) is 3.96. The molecule has 0 atom stereocenters. The van der Waals surface area contributed by atoms with Gasteiger partial charge in [0.15, 0.2) is 17.5 Å². The monoisotopic (exact) mass is 746 g/mol. The summed E-state index contributed by atoms with van der Waals surface area (Å²) in [6.45, 7) is 0. The molecule has 0 fully saturated rings. The highest BCUT2D eigenvalue weighted by atomic mass is 32.1. The van der Waals surface area contributed by atoms with Gasteiger partial charge in [-0.3, -0.25) is 0 Å². The summed E-state index contributed by atoms with van der Waals surface area (Å²) in [5.74, 6) is 1.86. The van der Waals surface area contributed by atoms with Crippen LogP contribution in [0.25, 0.3) is 115 Å². The van der Waals surface area contributed by atoms with E-state index in [2.05, 4.69) is 114 Å². The Bertz CT molecular complexity index is 3420. The van der Waals surface area contributed by atoms with E-state index in [1.54, 1.807) is 0 Å². The minimum Gasteiger partial charge on any atom is -0.456 e. The molecule has 0 saturated carbocycles. The van der Waals surface area contributed by atoms with Crippen molar-refractivity contribution in [1.29, 1.82) is 0 Å². The Morgan fingerprint density at radius 2 is 1.00 bits per heavy atom. The summed E-state index contributed by atoms with van der Waals surface area (Å²) in [5, 5.41) is 7.03. The van der Waals surface area contributed by atoms with Crippen molar-refractivity contribution in [3.63, 3.8) is 0 Å². The molecular formula is C51H30N4OS. The lowest BCUT2D eigenvalue weighted by molar-refractivity contribution is 0.669. The molecule has 12 rings (SSSR count). The van der Waals surface area contributed by atoms with Crippen LogP contribution in [0.2, 0.25) is 0 Å². The summed E-state index contributed by atoms with van der Waals surface area (Å²) in [4.78, 5) is 15.0. The molecule has 5 nitrogen and oxygen atoms in total. The van der Waals surface area contributed by atoms with Crippen molar-refractivity contribution < 1.29 is 4.42 Å². The van der Waals surface area contributed by atoms with Gasteiger partial charge in [-0.25, -0.2) is 15.0 Å². The van der Waals surface area contributed by atoms with Gasteiger partial charge in [-0.05, 0) is 65.7 Å². The SMILES string of the molecule is c1ccc(-c2nc(-c3ccccc3)nc(-c3cccc4oc5cc(-c6ccc7sc8cccc(-n9c%10ccccc%10c%10ccccc%109)c8c7c6)ccc5c34)n2)cc1. The highest BCUT2D eigenvalue weighted by molar-refractivity contribution is 7.25. The van der Waals surface area contributed by atoms with Crippen LogP contribution in [0.1, 0.15) is 0 Å². The molecule has 4 aromatic heterocycles. The first-order valence-corrected chi connectivity index (χ1v) is 19.8. The van der Waals surface area contributed by atoms with Gasteiger partial charge in [-0.15, -0.1) is 11.3 Å². The van der Waals surface area contributed by atoms with Crippen LogP contribution >= 0.6 is 11.3 Å². The average molecular weight is 747 g/mol. The standard InChI is InChI=1S/C51H30N4OS/c1-3-13-31(14-4-1)49-52-50(32-15-5-2-6-16-32)54-51(53-49)38-19-11-23-43-47(38)37-27-25-34(30-44(37)56-43)33-26-28-45-39(29-33)48-42(22-12-24-46(48)57-45)55-40-20-9-7-17-35(40)36-18-8-10-21-41(36)55/h1-30H. The Morgan fingerprint density at radius 1 is 0.386 bits per heavy atom. The number of aromatic nitrogens is 4. The second-order valence-electron chi connectivity index (χ2n) is 14.4. The van der Waals surface area contributed by atoms with Crippen LogP contribution in [-0.4, -0.2) is 19.5 Å². The largest absolute Gasteiger partial charge is 0.456 e. The molecule has 0 amide bonds. The molecule has 0 unspecified atom stereocenters. The number of benzene rings is 8. The lowest BCUT2D eigenvalue weighted by Crippen LogP contribution is -2.00. The van der Waals surface area contributed by atoms with Crippen LogP contribution in [-0.2, 0) is 0 Å². The zero-order valence-corrected chi connectivity index (χ0v) is 31.2. The van der Waals surface area contributed by atoms with Crippen LogP contribution in [0.5, 0.6) is 0 Å². The van der Waals surface area contributed by atoms with Crippen LogP contribution in [0.3, 0.4) is 0 Å². The fourth-order valence-electron chi connectivity index (χ4n) is 8.48. The number of hydrogen-bond acceptors (Lipinski definition) is 5. The Hall–Kier alpha value is -7.41. The van der Waals surface area contributed by atoms with E-state index >= 15 is 0 Å². The van der Waals surface area contributed by atoms with E-state index in [1.807, 2.05) is 84.1 Å². The van der Waals surface area contributed by atoms with Gasteiger partial charge < -0.3 is 8.98 Å².